The van der Waals surface area contributed by atoms with Gasteiger partial charge in [-0.05, 0) is 19.1 Å². The monoisotopic (exact) mass is 310 g/mol. The van der Waals surface area contributed by atoms with E-state index in [9.17, 15) is 9.59 Å². The molecule has 7 heteroatoms. The SMILES string of the molecule is CCOCCC(=O)NNC(=O)c1ccccc1OCCOC. The second-order valence-electron chi connectivity index (χ2n) is 4.29. The number of nitrogens with one attached hydrogen (secondary N) is 2. The zero-order chi connectivity index (χ0) is 16.2. The topological polar surface area (TPSA) is 85.9 Å². The van der Waals surface area contributed by atoms with Gasteiger partial charge in [-0.25, -0.2) is 0 Å². The molecule has 0 aliphatic rings. The Morgan fingerprint density at radius 3 is 2.59 bits per heavy atom. The maximum atomic E-state index is 12.1. The van der Waals surface area contributed by atoms with Crippen LogP contribution in [-0.2, 0) is 14.3 Å². The summed E-state index contributed by atoms with van der Waals surface area (Å²) in [6.07, 6.45) is 0.181. The van der Waals surface area contributed by atoms with E-state index in [0.29, 0.717) is 37.7 Å². The molecule has 2 N–H and O–H groups in total. The third-order valence-electron chi connectivity index (χ3n) is 2.67. The molecule has 1 rings (SSSR count). The van der Waals surface area contributed by atoms with Gasteiger partial charge in [-0.1, -0.05) is 12.1 Å². The van der Waals surface area contributed by atoms with Crippen molar-refractivity contribution in [1.82, 2.24) is 10.9 Å². The Morgan fingerprint density at radius 2 is 1.86 bits per heavy atom. The average molecular weight is 310 g/mol. The number of rotatable bonds is 9. The molecular formula is C15H22N2O5. The fraction of sp³-hybridized carbons (Fsp3) is 0.467. The van der Waals surface area contributed by atoms with Crippen LogP contribution in [0.5, 0.6) is 5.75 Å². The molecule has 0 aromatic heterocycles. The van der Waals surface area contributed by atoms with Gasteiger partial charge >= 0.3 is 0 Å². The van der Waals surface area contributed by atoms with Gasteiger partial charge in [-0.3, -0.25) is 20.4 Å². The first-order valence-corrected chi connectivity index (χ1v) is 7.06. The average Bonchev–Trinajstić information content (AvgIpc) is 2.53. The highest BCUT2D eigenvalue weighted by Gasteiger charge is 2.12. The minimum Gasteiger partial charge on any atom is -0.490 e. The highest BCUT2D eigenvalue weighted by atomic mass is 16.5. The molecule has 2 amide bonds. The Bertz CT molecular complexity index is 479. The van der Waals surface area contributed by atoms with Crippen LogP contribution >= 0.6 is 0 Å². The van der Waals surface area contributed by atoms with Crippen LogP contribution in [0.25, 0.3) is 0 Å². The standard InChI is InChI=1S/C15H22N2O5/c1-3-21-9-8-14(18)16-17-15(19)12-6-4-5-7-13(12)22-11-10-20-2/h4-7H,3,8-11H2,1-2H3,(H,16,18)(H,17,19). The molecule has 7 nitrogen and oxygen atoms in total. The summed E-state index contributed by atoms with van der Waals surface area (Å²) in [6, 6.07) is 6.78. The molecule has 1 aromatic carbocycles. The molecule has 0 saturated carbocycles. The van der Waals surface area contributed by atoms with Gasteiger partial charge in [0.1, 0.15) is 12.4 Å². The molecule has 0 fully saturated rings. The number of hydrogen-bond donors (Lipinski definition) is 2. The second kappa shape index (κ2) is 10.6. The van der Waals surface area contributed by atoms with E-state index in [-0.39, 0.29) is 12.3 Å². The molecule has 0 radical (unpaired) electrons. The summed E-state index contributed by atoms with van der Waals surface area (Å²) in [5.41, 5.74) is 5.02. The fourth-order valence-corrected chi connectivity index (χ4v) is 1.58. The summed E-state index contributed by atoms with van der Waals surface area (Å²) in [5, 5.41) is 0. The number of hydrogen-bond acceptors (Lipinski definition) is 5. The van der Waals surface area contributed by atoms with Crippen LogP contribution < -0.4 is 15.6 Å². The number of hydrazine groups is 1. The van der Waals surface area contributed by atoms with Gasteiger partial charge in [0.25, 0.3) is 5.91 Å². The van der Waals surface area contributed by atoms with E-state index in [1.165, 1.54) is 0 Å². The molecule has 0 spiro atoms. The molecule has 0 atom stereocenters. The number of carbonyl (C=O) groups is 2. The van der Waals surface area contributed by atoms with Crippen molar-refractivity contribution in [3.63, 3.8) is 0 Å². The summed E-state index contributed by atoms with van der Waals surface area (Å²) in [4.78, 5) is 23.6. The summed E-state index contributed by atoms with van der Waals surface area (Å²) >= 11 is 0. The summed E-state index contributed by atoms with van der Waals surface area (Å²) in [7, 11) is 1.57. The van der Waals surface area contributed by atoms with Crippen LogP contribution in [0.2, 0.25) is 0 Å². The summed E-state index contributed by atoms with van der Waals surface area (Å²) in [6.45, 7) is 3.46. The molecule has 122 valence electrons. The third-order valence-corrected chi connectivity index (χ3v) is 2.67. The van der Waals surface area contributed by atoms with E-state index in [0.717, 1.165) is 0 Å². The van der Waals surface area contributed by atoms with Gasteiger partial charge in [0.15, 0.2) is 0 Å². The van der Waals surface area contributed by atoms with E-state index in [4.69, 9.17) is 14.2 Å². The summed E-state index contributed by atoms with van der Waals surface area (Å²) in [5.74, 6) is -0.335. The highest BCUT2D eigenvalue weighted by molar-refractivity contribution is 5.97. The lowest BCUT2D eigenvalue weighted by atomic mass is 10.2. The molecule has 0 aliphatic heterocycles. The molecular weight excluding hydrogens is 288 g/mol. The Hall–Kier alpha value is -2.12. The minimum absolute atomic E-state index is 0.181. The first-order chi connectivity index (χ1) is 10.7. The van der Waals surface area contributed by atoms with E-state index < -0.39 is 5.91 Å². The van der Waals surface area contributed by atoms with Gasteiger partial charge < -0.3 is 14.2 Å². The van der Waals surface area contributed by atoms with Gasteiger partial charge in [0, 0.05) is 13.7 Å². The van der Waals surface area contributed by atoms with Crippen molar-refractivity contribution >= 4 is 11.8 Å². The van der Waals surface area contributed by atoms with Crippen LogP contribution in [-0.4, -0.2) is 45.4 Å². The largest absolute Gasteiger partial charge is 0.490 e. The van der Waals surface area contributed by atoms with Crippen molar-refractivity contribution in [2.24, 2.45) is 0 Å². The van der Waals surface area contributed by atoms with E-state index in [1.54, 1.807) is 31.4 Å². The van der Waals surface area contributed by atoms with Gasteiger partial charge in [0.05, 0.1) is 25.2 Å². The molecule has 22 heavy (non-hydrogen) atoms. The first kappa shape index (κ1) is 17.9. The van der Waals surface area contributed by atoms with Crippen molar-refractivity contribution in [3.8, 4) is 5.75 Å². The molecule has 0 bridgehead atoms. The predicted molar refractivity (Wildman–Crippen MR) is 80.5 cm³/mol. The van der Waals surface area contributed by atoms with Gasteiger partial charge in [-0.2, -0.15) is 0 Å². The first-order valence-electron chi connectivity index (χ1n) is 7.06. The van der Waals surface area contributed by atoms with Crippen LogP contribution in [0.3, 0.4) is 0 Å². The van der Waals surface area contributed by atoms with Crippen LogP contribution in [0.15, 0.2) is 24.3 Å². The lowest BCUT2D eigenvalue weighted by Gasteiger charge is -2.12. The smallest absolute Gasteiger partial charge is 0.273 e. The van der Waals surface area contributed by atoms with Crippen molar-refractivity contribution in [1.29, 1.82) is 0 Å². The Kier molecular flexibility index (Phi) is 8.63. The number of carbonyl (C=O) groups excluding carboxylic acids is 2. The predicted octanol–water partition coefficient (Wildman–Crippen LogP) is 0.899. The number of benzene rings is 1. The van der Waals surface area contributed by atoms with Gasteiger partial charge in [-0.15, -0.1) is 0 Å². The second-order valence-corrected chi connectivity index (χ2v) is 4.29. The quantitative estimate of drug-likeness (QED) is 0.523. The Balaban J connectivity index is 2.49. The Labute approximate surface area is 129 Å². The number of para-hydroxylation sites is 1. The van der Waals surface area contributed by atoms with E-state index in [2.05, 4.69) is 10.9 Å². The maximum absolute atomic E-state index is 12.1. The lowest BCUT2D eigenvalue weighted by Crippen LogP contribution is -2.42. The number of ether oxygens (including phenoxy) is 3. The van der Waals surface area contributed by atoms with Crippen LogP contribution in [0, 0.1) is 0 Å². The Morgan fingerprint density at radius 1 is 1.09 bits per heavy atom. The number of amides is 2. The highest BCUT2D eigenvalue weighted by Crippen LogP contribution is 2.17. The van der Waals surface area contributed by atoms with Gasteiger partial charge in [0.2, 0.25) is 5.91 Å². The zero-order valence-electron chi connectivity index (χ0n) is 12.9. The van der Waals surface area contributed by atoms with Crippen LogP contribution in [0.4, 0.5) is 0 Å². The molecule has 0 saturated heterocycles. The van der Waals surface area contributed by atoms with E-state index in [1.807, 2.05) is 6.92 Å². The lowest BCUT2D eigenvalue weighted by molar-refractivity contribution is -0.122. The molecule has 0 aliphatic carbocycles. The van der Waals surface area contributed by atoms with Crippen molar-refractivity contribution in [2.75, 3.05) is 33.5 Å². The number of methoxy groups -OCH3 is 1. The van der Waals surface area contributed by atoms with Crippen molar-refractivity contribution in [3.05, 3.63) is 29.8 Å². The van der Waals surface area contributed by atoms with Crippen molar-refractivity contribution in [2.45, 2.75) is 13.3 Å². The fourth-order valence-electron chi connectivity index (χ4n) is 1.58. The minimum atomic E-state index is -0.447. The summed E-state index contributed by atoms with van der Waals surface area (Å²) < 4.78 is 15.4. The van der Waals surface area contributed by atoms with Crippen molar-refractivity contribution < 1.29 is 23.8 Å². The molecule has 0 unspecified atom stereocenters. The van der Waals surface area contributed by atoms with Crippen LogP contribution in [0.1, 0.15) is 23.7 Å². The molecule has 1 aromatic rings. The molecule has 0 heterocycles. The third kappa shape index (κ3) is 6.55. The zero-order valence-corrected chi connectivity index (χ0v) is 12.9. The maximum Gasteiger partial charge on any atom is 0.273 e. The van der Waals surface area contributed by atoms with E-state index >= 15 is 0 Å². The normalized spacial score (nSPS) is 10.1.